The van der Waals surface area contributed by atoms with E-state index in [1.165, 1.54) is 0 Å². The molecule has 1 fully saturated rings. The molecule has 2 rings (SSSR count). The molecule has 1 heterocycles. The summed E-state index contributed by atoms with van der Waals surface area (Å²) >= 11 is 0. The molecule has 1 aromatic carbocycles. The van der Waals surface area contributed by atoms with Gasteiger partial charge in [0.25, 0.3) is 0 Å². The highest BCUT2D eigenvalue weighted by Gasteiger charge is 2.23. The average molecular weight is 502 g/mol. The van der Waals surface area contributed by atoms with Gasteiger partial charge in [0.1, 0.15) is 5.75 Å². The largest absolute Gasteiger partial charge is 0.494 e. The first kappa shape index (κ1) is 24.5. The number of carbonyl (C=O) groups excluding carboxylic acids is 1. The van der Waals surface area contributed by atoms with Crippen molar-refractivity contribution < 1.29 is 9.53 Å². The molecule has 0 spiro atoms. The number of hydrogen-bond donors (Lipinski definition) is 2. The minimum atomic E-state index is 0. The minimum Gasteiger partial charge on any atom is -0.494 e. The summed E-state index contributed by atoms with van der Waals surface area (Å²) < 4.78 is 5.71. The number of nitrogens with one attached hydrogen (secondary N) is 2. The highest BCUT2D eigenvalue weighted by Crippen LogP contribution is 2.21. The number of rotatable bonds is 8. The van der Waals surface area contributed by atoms with Gasteiger partial charge in [-0.25, -0.2) is 4.99 Å². The average Bonchev–Trinajstić information content (AvgIpc) is 2.70. The Balaban J connectivity index is 0.00000392. The van der Waals surface area contributed by atoms with Crippen molar-refractivity contribution in [3.8, 4) is 5.75 Å². The third-order valence-electron chi connectivity index (χ3n) is 4.78. The third-order valence-corrected chi connectivity index (χ3v) is 4.78. The SMILES string of the molecule is CCCOc1cccc(CN=C(NCC)N2CCC(CC(=O)NC)CC2)c1.I. The van der Waals surface area contributed by atoms with Crippen LogP contribution in [0, 0.1) is 5.92 Å². The first-order valence-corrected chi connectivity index (χ1v) is 10.1. The van der Waals surface area contributed by atoms with Gasteiger partial charge in [0.15, 0.2) is 5.96 Å². The van der Waals surface area contributed by atoms with Crippen LogP contribution in [0.2, 0.25) is 0 Å². The van der Waals surface area contributed by atoms with E-state index in [0.717, 1.165) is 62.8 Å². The summed E-state index contributed by atoms with van der Waals surface area (Å²) in [4.78, 5) is 18.7. The van der Waals surface area contributed by atoms with Gasteiger partial charge in [-0.15, -0.1) is 24.0 Å². The first-order valence-electron chi connectivity index (χ1n) is 10.1. The normalized spacial score (nSPS) is 15.0. The van der Waals surface area contributed by atoms with Crippen LogP contribution in [0.3, 0.4) is 0 Å². The molecule has 0 radical (unpaired) electrons. The van der Waals surface area contributed by atoms with Crippen molar-refractivity contribution in [2.75, 3.05) is 33.3 Å². The number of likely N-dealkylation sites (tertiary alicyclic amines) is 1. The lowest BCUT2D eigenvalue weighted by Gasteiger charge is -2.34. The summed E-state index contributed by atoms with van der Waals surface area (Å²) in [5, 5.41) is 6.13. The molecule has 7 heteroatoms. The highest BCUT2D eigenvalue weighted by molar-refractivity contribution is 14.0. The van der Waals surface area contributed by atoms with Crippen LogP contribution in [-0.2, 0) is 11.3 Å². The fourth-order valence-corrected chi connectivity index (χ4v) is 3.26. The van der Waals surface area contributed by atoms with E-state index < -0.39 is 0 Å². The minimum absolute atomic E-state index is 0. The van der Waals surface area contributed by atoms with Gasteiger partial charge >= 0.3 is 0 Å². The maximum absolute atomic E-state index is 11.6. The summed E-state index contributed by atoms with van der Waals surface area (Å²) in [6, 6.07) is 8.16. The molecule has 1 aromatic rings. The van der Waals surface area contributed by atoms with Gasteiger partial charge in [-0.05, 0) is 49.8 Å². The number of piperidine rings is 1. The van der Waals surface area contributed by atoms with Crippen molar-refractivity contribution in [2.45, 2.75) is 46.1 Å². The topological polar surface area (TPSA) is 66.0 Å². The summed E-state index contributed by atoms with van der Waals surface area (Å²) in [6.07, 6.45) is 3.68. The van der Waals surface area contributed by atoms with Crippen molar-refractivity contribution in [1.82, 2.24) is 15.5 Å². The Bertz CT molecular complexity index is 616. The molecule has 1 amide bonds. The monoisotopic (exact) mass is 502 g/mol. The van der Waals surface area contributed by atoms with E-state index in [1.54, 1.807) is 7.05 Å². The van der Waals surface area contributed by atoms with Gasteiger partial charge in [-0.1, -0.05) is 19.1 Å². The number of halogens is 1. The predicted octanol–water partition coefficient (Wildman–Crippen LogP) is 3.41. The number of benzene rings is 1. The number of carbonyl (C=O) groups is 1. The molecule has 28 heavy (non-hydrogen) atoms. The Morgan fingerprint density at radius 2 is 2.04 bits per heavy atom. The maximum Gasteiger partial charge on any atom is 0.220 e. The molecule has 1 aliphatic rings. The van der Waals surface area contributed by atoms with Crippen molar-refractivity contribution in [2.24, 2.45) is 10.9 Å². The molecule has 2 N–H and O–H groups in total. The Morgan fingerprint density at radius 1 is 1.29 bits per heavy atom. The van der Waals surface area contributed by atoms with Crippen LogP contribution < -0.4 is 15.4 Å². The second-order valence-corrected chi connectivity index (χ2v) is 6.97. The smallest absolute Gasteiger partial charge is 0.220 e. The maximum atomic E-state index is 11.6. The third kappa shape index (κ3) is 8.24. The van der Waals surface area contributed by atoms with E-state index in [2.05, 4.69) is 41.5 Å². The number of ether oxygens (including phenoxy) is 1. The summed E-state index contributed by atoms with van der Waals surface area (Å²) in [5.41, 5.74) is 1.15. The summed E-state index contributed by atoms with van der Waals surface area (Å²) in [5.74, 6) is 2.47. The first-order chi connectivity index (χ1) is 13.2. The molecule has 1 saturated heterocycles. The Labute approximate surface area is 186 Å². The van der Waals surface area contributed by atoms with Crippen LogP contribution >= 0.6 is 24.0 Å². The molecule has 0 atom stereocenters. The standard InChI is InChI=1S/C21H34N4O2.HI/c1-4-13-27-19-8-6-7-18(14-19)16-24-21(23-5-2)25-11-9-17(10-12-25)15-20(26)22-3;/h6-8,14,17H,4-5,9-13,15-16H2,1-3H3,(H,22,26)(H,23,24);1H. The zero-order valence-corrected chi connectivity index (χ0v) is 19.7. The zero-order chi connectivity index (χ0) is 19.5. The fourth-order valence-electron chi connectivity index (χ4n) is 3.26. The fraction of sp³-hybridized carbons (Fsp3) is 0.619. The second-order valence-electron chi connectivity index (χ2n) is 6.97. The molecule has 0 saturated carbocycles. The van der Waals surface area contributed by atoms with E-state index in [0.29, 0.717) is 18.9 Å². The lowest BCUT2D eigenvalue weighted by molar-refractivity contribution is -0.121. The van der Waals surface area contributed by atoms with Crippen molar-refractivity contribution in [1.29, 1.82) is 0 Å². The second kappa shape index (κ2) is 13.6. The van der Waals surface area contributed by atoms with E-state index >= 15 is 0 Å². The van der Waals surface area contributed by atoms with E-state index in [1.807, 2.05) is 12.1 Å². The van der Waals surface area contributed by atoms with Crippen LogP contribution in [0.25, 0.3) is 0 Å². The zero-order valence-electron chi connectivity index (χ0n) is 17.4. The van der Waals surface area contributed by atoms with Gasteiger partial charge in [-0.2, -0.15) is 0 Å². The van der Waals surface area contributed by atoms with E-state index in [4.69, 9.17) is 9.73 Å². The number of hydrogen-bond acceptors (Lipinski definition) is 3. The highest BCUT2D eigenvalue weighted by atomic mass is 127. The molecular formula is C21H35IN4O2. The molecule has 0 bridgehead atoms. The molecule has 0 aliphatic carbocycles. The number of nitrogens with zero attached hydrogens (tertiary/aromatic N) is 2. The van der Waals surface area contributed by atoms with Gasteiger partial charge in [0.05, 0.1) is 13.2 Å². The number of amides is 1. The van der Waals surface area contributed by atoms with Gasteiger partial charge in [0.2, 0.25) is 5.91 Å². The van der Waals surface area contributed by atoms with Gasteiger partial charge in [-0.3, -0.25) is 4.79 Å². The molecule has 1 aliphatic heterocycles. The van der Waals surface area contributed by atoms with Crippen molar-refractivity contribution in [3.63, 3.8) is 0 Å². The lowest BCUT2D eigenvalue weighted by atomic mass is 9.93. The van der Waals surface area contributed by atoms with Crippen LogP contribution in [0.15, 0.2) is 29.3 Å². The van der Waals surface area contributed by atoms with Crippen molar-refractivity contribution >= 4 is 35.8 Å². The lowest BCUT2D eigenvalue weighted by Crippen LogP contribution is -2.46. The van der Waals surface area contributed by atoms with Gasteiger partial charge in [0, 0.05) is 33.1 Å². The molecule has 0 unspecified atom stereocenters. The van der Waals surface area contributed by atoms with Crippen LogP contribution in [-0.4, -0.2) is 50.1 Å². The van der Waals surface area contributed by atoms with Crippen molar-refractivity contribution in [3.05, 3.63) is 29.8 Å². The van der Waals surface area contributed by atoms with Gasteiger partial charge < -0.3 is 20.3 Å². The summed E-state index contributed by atoms with van der Waals surface area (Å²) in [7, 11) is 1.70. The molecular weight excluding hydrogens is 467 g/mol. The summed E-state index contributed by atoms with van der Waals surface area (Å²) in [6.45, 7) is 8.28. The number of guanidine groups is 1. The molecule has 6 nitrogen and oxygen atoms in total. The Hall–Kier alpha value is -1.51. The Kier molecular flexibility index (Phi) is 11.9. The number of aliphatic imine (C=N–C) groups is 1. The van der Waals surface area contributed by atoms with Crippen LogP contribution in [0.5, 0.6) is 5.75 Å². The molecule has 158 valence electrons. The Morgan fingerprint density at radius 3 is 2.68 bits per heavy atom. The molecule has 0 aromatic heterocycles. The van der Waals surface area contributed by atoms with E-state index in [-0.39, 0.29) is 29.9 Å². The predicted molar refractivity (Wildman–Crippen MR) is 125 cm³/mol. The van der Waals surface area contributed by atoms with E-state index in [9.17, 15) is 4.79 Å². The quantitative estimate of drug-likeness (QED) is 0.325. The van der Waals surface area contributed by atoms with Crippen LogP contribution in [0.1, 0.15) is 45.1 Å². The van der Waals surface area contributed by atoms with Crippen LogP contribution in [0.4, 0.5) is 0 Å².